The highest BCUT2D eigenvalue weighted by molar-refractivity contribution is 6.13. The lowest BCUT2D eigenvalue weighted by Gasteiger charge is -2.09. The normalized spacial score (nSPS) is 11.8. The molecule has 0 amide bonds. The van der Waals surface area contributed by atoms with E-state index in [-0.39, 0.29) is 0 Å². The van der Waals surface area contributed by atoms with Crippen molar-refractivity contribution >= 4 is 43.2 Å². The number of hydrogen-bond acceptors (Lipinski definition) is 0. The van der Waals surface area contributed by atoms with E-state index in [2.05, 4.69) is 104 Å². The van der Waals surface area contributed by atoms with Crippen LogP contribution in [0.3, 0.4) is 0 Å². The van der Waals surface area contributed by atoms with E-state index in [4.69, 9.17) is 0 Å². The highest BCUT2D eigenvalue weighted by atomic mass is 14.7. The number of rotatable bonds is 1. The molecule has 0 aliphatic carbocycles. The van der Waals surface area contributed by atoms with Gasteiger partial charge in [-0.1, -0.05) is 60.7 Å². The lowest BCUT2D eigenvalue weighted by atomic mass is 9.95. The standard InChI is InChI=1S/C28H21N/c1-17-18(2)29-28-15-24-10-9-23-14-22(11-12-25(23)27(24)16-26(17)28)21-8-7-19-5-3-4-6-20(19)13-21/h3-16,29H,1-2H3. The number of aromatic nitrogens is 1. The predicted octanol–water partition coefficient (Wildman–Crippen LogP) is 7.91. The average Bonchev–Trinajstić information content (AvgIpc) is 3.04. The van der Waals surface area contributed by atoms with Gasteiger partial charge in [0.05, 0.1) is 0 Å². The molecule has 0 unspecified atom stereocenters. The van der Waals surface area contributed by atoms with Crippen LogP contribution in [0.4, 0.5) is 0 Å². The fourth-order valence-electron chi connectivity index (χ4n) is 4.57. The first-order chi connectivity index (χ1) is 14.2. The van der Waals surface area contributed by atoms with E-state index in [1.807, 2.05) is 0 Å². The van der Waals surface area contributed by atoms with Crippen molar-refractivity contribution in [2.24, 2.45) is 0 Å². The summed E-state index contributed by atoms with van der Waals surface area (Å²) in [5.74, 6) is 0. The van der Waals surface area contributed by atoms with Crippen molar-refractivity contribution in [1.29, 1.82) is 0 Å². The van der Waals surface area contributed by atoms with Crippen LogP contribution in [-0.2, 0) is 0 Å². The van der Waals surface area contributed by atoms with Gasteiger partial charge in [-0.05, 0) is 87.1 Å². The van der Waals surface area contributed by atoms with Crippen molar-refractivity contribution in [2.45, 2.75) is 13.8 Å². The predicted molar refractivity (Wildman–Crippen MR) is 126 cm³/mol. The van der Waals surface area contributed by atoms with Crippen molar-refractivity contribution in [3.63, 3.8) is 0 Å². The van der Waals surface area contributed by atoms with Crippen molar-refractivity contribution < 1.29 is 0 Å². The smallest absolute Gasteiger partial charge is 0.0465 e. The van der Waals surface area contributed by atoms with Gasteiger partial charge in [0, 0.05) is 16.6 Å². The number of fused-ring (bicyclic) bond motifs is 5. The Bertz CT molecular complexity index is 1570. The highest BCUT2D eigenvalue weighted by Crippen LogP contribution is 2.34. The summed E-state index contributed by atoms with van der Waals surface area (Å²) in [6, 6.07) is 31.2. The molecule has 1 heteroatoms. The molecule has 6 aromatic rings. The maximum atomic E-state index is 3.51. The van der Waals surface area contributed by atoms with Crippen molar-refractivity contribution in [3.05, 3.63) is 96.2 Å². The molecule has 1 heterocycles. The van der Waals surface area contributed by atoms with E-state index >= 15 is 0 Å². The largest absolute Gasteiger partial charge is 0.358 e. The second-order valence-corrected chi connectivity index (χ2v) is 8.06. The number of aryl methyl sites for hydroxylation is 2. The minimum Gasteiger partial charge on any atom is -0.358 e. The van der Waals surface area contributed by atoms with E-state index < -0.39 is 0 Å². The molecule has 0 fully saturated rings. The first-order valence-electron chi connectivity index (χ1n) is 10.1. The van der Waals surface area contributed by atoms with Gasteiger partial charge in [0.25, 0.3) is 0 Å². The quantitative estimate of drug-likeness (QED) is 0.283. The van der Waals surface area contributed by atoms with E-state index in [9.17, 15) is 0 Å². The third kappa shape index (κ3) is 2.48. The molecule has 1 N–H and O–H groups in total. The van der Waals surface area contributed by atoms with Crippen LogP contribution in [0.25, 0.3) is 54.3 Å². The Balaban J connectivity index is 1.57. The third-order valence-corrected chi connectivity index (χ3v) is 6.35. The maximum Gasteiger partial charge on any atom is 0.0465 e. The fourth-order valence-corrected chi connectivity index (χ4v) is 4.57. The highest BCUT2D eigenvalue weighted by Gasteiger charge is 2.09. The van der Waals surface area contributed by atoms with Gasteiger partial charge in [-0.3, -0.25) is 0 Å². The molecule has 5 aromatic carbocycles. The summed E-state index contributed by atoms with van der Waals surface area (Å²) in [6.07, 6.45) is 0. The second kappa shape index (κ2) is 5.96. The Morgan fingerprint density at radius 3 is 2.00 bits per heavy atom. The molecule has 0 spiro atoms. The zero-order valence-electron chi connectivity index (χ0n) is 16.6. The SMILES string of the molecule is Cc1[nH]c2cc3ccc4cc(-c5ccc6ccccc6c5)ccc4c3cc2c1C. The minimum absolute atomic E-state index is 1.22. The lowest BCUT2D eigenvalue weighted by Crippen LogP contribution is -1.83. The molecular weight excluding hydrogens is 350 g/mol. The summed E-state index contributed by atoms with van der Waals surface area (Å²) >= 11 is 0. The van der Waals surface area contributed by atoms with Gasteiger partial charge in [0.15, 0.2) is 0 Å². The number of aromatic amines is 1. The van der Waals surface area contributed by atoms with Gasteiger partial charge in [-0.2, -0.15) is 0 Å². The van der Waals surface area contributed by atoms with Gasteiger partial charge >= 0.3 is 0 Å². The third-order valence-electron chi connectivity index (χ3n) is 6.35. The van der Waals surface area contributed by atoms with E-state index in [0.29, 0.717) is 0 Å². The fraction of sp³-hybridized carbons (Fsp3) is 0.0714. The number of nitrogens with one attached hydrogen (secondary N) is 1. The number of hydrogen-bond donors (Lipinski definition) is 1. The Morgan fingerprint density at radius 1 is 0.517 bits per heavy atom. The van der Waals surface area contributed by atoms with Gasteiger partial charge < -0.3 is 4.98 Å². The number of benzene rings is 5. The van der Waals surface area contributed by atoms with E-state index in [1.54, 1.807) is 0 Å². The Kier molecular flexibility index (Phi) is 3.36. The van der Waals surface area contributed by atoms with Crippen LogP contribution in [0, 0.1) is 13.8 Å². The van der Waals surface area contributed by atoms with Gasteiger partial charge in [0.1, 0.15) is 0 Å². The minimum atomic E-state index is 1.22. The number of H-pyrrole nitrogens is 1. The van der Waals surface area contributed by atoms with Gasteiger partial charge in [0.2, 0.25) is 0 Å². The van der Waals surface area contributed by atoms with Crippen molar-refractivity contribution in [2.75, 3.05) is 0 Å². The van der Waals surface area contributed by atoms with Crippen LogP contribution in [0.15, 0.2) is 84.9 Å². The average molecular weight is 371 g/mol. The summed E-state index contributed by atoms with van der Waals surface area (Å²) in [5, 5.41) is 9.08. The van der Waals surface area contributed by atoms with Crippen molar-refractivity contribution in [1.82, 2.24) is 4.98 Å². The zero-order valence-corrected chi connectivity index (χ0v) is 16.6. The molecule has 0 saturated heterocycles. The molecule has 0 bridgehead atoms. The molecule has 6 rings (SSSR count). The van der Waals surface area contributed by atoms with Crippen LogP contribution in [-0.4, -0.2) is 4.98 Å². The first kappa shape index (κ1) is 16.4. The Morgan fingerprint density at radius 2 is 1.17 bits per heavy atom. The molecule has 0 aliphatic heterocycles. The van der Waals surface area contributed by atoms with Crippen LogP contribution in [0.2, 0.25) is 0 Å². The summed E-state index contributed by atoms with van der Waals surface area (Å²) in [4.78, 5) is 3.51. The van der Waals surface area contributed by atoms with Gasteiger partial charge in [-0.15, -0.1) is 0 Å². The van der Waals surface area contributed by atoms with Crippen LogP contribution in [0.1, 0.15) is 11.3 Å². The summed E-state index contributed by atoms with van der Waals surface area (Å²) in [7, 11) is 0. The lowest BCUT2D eigenvalue weighted by molar-refractivity contribution is 1.25. The molecule has 138 valence electrons. The monoisotopic (exact) mass is 371 g/mol. The van der Waals surface area contributed by atoms with E-state index in [0.717, 1.165) is 0 Å². The van der Waals surface area contributed by atoms with Crippen LogP contribution >= 0.6 is 0 Å². The zero-order chi connectivity index (χ0) is 19.5. The van der Waals surface area contributed by atoms with Gasteiger partial charge in [-0.25, -0.2) is 0 Å². The Hall–Kier alpha value is -3.58. The summed E-state index contributed by atoms with van der Waals surface area (Å²) in [5.41, 5.74) is 6.33. The molecular formula is C28H21N. The summed E-state index contributed by atoms with van der Waals surface area (Å²) in [6.45, 7) is 4.34. The van der Waals surface area contributed by atoms with Crippen molar-refractivity contribution in [3.8, 4) is 11.1 Å². The molecule has 1 nitrogen and oxygen atoms in total. The topological polar surface area (TPSA) is 15.8 Å². The van der Waals surface area contributed by atoms with Crippen LogP contribution < -0.4 is 0 Å². The first-order valence-corrected chi connectivity index (χ1v) is 10.1. The molecule has 0 radical (unpaired) electrons. The molecule has 0 saturated carbocycles. The molecule has 0 atom stereocenters. The molecule has 1 aromatic heterocycles. The molecule has 0 aliphatic rings. The second-order valence-electron chi connectivity index (χ2n) is 8.06. The summed E-state index contributed by atoms with van der Waals surface area (Å²) < 4.78 is 0. The van der Waals surface area contributed by atoms with E-state index in [1.165, 1.54) is 65.6 Å². The maximum absolute atomic E-state index is 3.51. The van der Waals surface area contributed by atoms with Crippen LogP contribution in [0.5, 0.6) is 0 Å². The Labute approximate surface area is 169 Å². The molecule has 29 heavy (non-hydrogen) atoms.